The highest BCUT2D eigenvalue weighted by Gasteiger charge is 2.29. The maximum absolute atomic E-state index is 12.2. The Morgan fingerprint density at radius 3 is 3.05 bits per heavy atom. The van der Waals surface area contributed by atoms with Crippen LogP contribution in [0.25, 0.3) is 0 Å². The summed E-state index contributed by atoms with van der Waals surface area (Å²) < 4.78 is 0. The second kappa shape index (κ2) is 6.43. The van der Waals surface area contributed by atoms with Gasteiger partial charge in [-0.15, -0.1) is 11.3 Å². The number of nitrogens with one attached hydrogen (secondary N) is 1. The molecule has 0 aliphatic heterocycles. The van der Waals surface area contributed by atoms with Crippen LogP contribution in [0.4, 0.5) is 0 Å². The van der Waals surface area contributed by atoms with Crippen LogP contribution in [0.2, 0.25) is 0 Å². The van der Waals surface area contributed by atoms with Gasteiger partial charge in [0.2, 0.25) is 0 Å². The Morgan fingerprint density at radius 1 is 1.55 bits per heavy atom. The molecule has 1 atom stereocenters. The molecule has 1 aliphatic rings. The van der Waals surface area contributed by atoms with Gasteiger partial charge in [-0.3, -0.25) is 4.79 Å². The van der Waals surface area contributed by atoms with Crippen molar-refractivity contribution in [1.82, 2.24) is 5.32 Å². The number of rotatable bonds is 2. The lowest BCUT2D eigenvalue weighted by Gasteiger charge is -2.35. The van der Waals surface area contributed by atoms with E-state index in [0.29, 0.717) is 18.0 Å². The molecule has 1 aromatic heterocycles. The fourth-order valence-electron chi connectivity index (χ4n) is 2.74. The molecule has 0 aromatic carbocycles. The van der Waals surface area contributed by atoms with Gasteiger partial charge < -0.3 is 11.1 Å². The molecule has 0 saturated heterocycles. The van der Waals surface area contributed by atoms with Gasteiger partial charge >= 0.3 is 0 Å². The Morgan fingerprint density at radius 2 is 2.35 bits per heavy atom. The first-order valence-electron chi connectivity index (χ1n) is 7.10. The third kappa shape index (κ3) is 4.09. The van der Waals surface area contributed by atoms with E-state index in [4.69, 9.17) is 5.73 Å². The van der Waals surface area contributed by atoms with Gasteiger partial charge in [-0.2, -0.15) is 0 Å². The van der Waals surface area contributed by atoms with Crippen LogP contribution in [0.5, 0.6) is 0 Å². The summed E-state index contributed by atoms with van der Waals surface area (Å²) in [6.45, 7) is 4.89. The van der Waals surface area contributed by atoms with Crippen LogP contribution in [-0.4, -0.2) is 18.5 Å². The quantitative estimate of drug-likeness (QED) is 0.823. The lowest BCUT2D eigenvalue weighted by molar-refractivity contribution is 0.0906. The SMILES string of the molecule is CC1(C)CCCC(NC(=O)c2ccc(C#CCN)s2)C1. The first-order chi connectivity index (χ1) is 9.50. The van der Waals surface area contributed by atoms with Crippen LogP contribution in [0.15, 0.2) is 12.1 Å². The summed E-state index contributed by atoms with van der Waals surface area (Å²) in [7, 11) is 0. The lowest BCUT2D eigenvalue weighted by atomic mass is 9.75. The molecule has 4 heteroatoms. The number of carbonyl (C=O) groups is 1. The fourth-order valence-corrected chi connectivity index (χ4v) is 3.53. The monoisotopic (exact) mass is 290 g/mol. The number of carbonyl (C=O) groups excluding carboxylic acids is 1. The predicted molar refractivity (Wildman–Crippen MR) is 83.8 cm³/mol. The van der Waals surface area contributed by atoms with Gasteiger partial charge in [-0.25, -0.2) is 0 Å². The molecular formula is C16H22N2OS. The molecule has 0 spiro atoms. The topological polar surface area (TPSA) is 55.1 Å². The summed E-state index contributed by atoms with van der Waals surface area (Å²) in [6, 6.07) is 4.02. The van der Waals surface area contributed by atoms with Crippen molar-refractivity contribution >= 4 is 17.2 Å². The summed E-state index contributed by atoms with van der Waals surface area (Å²) in [5.41, 5.74) is 5.68. The highest BCUT2D eigenvalue weighted by atomic mass is 32.1. The Kier molecular flexibility index (Phi) is 4.85. The summed E-state index contributed by atoms with van der Waals surface area (Å²) in [4.78, 5) is 13.9. The van der Waals surface area contributed by atoms with E-state index in [0.717, 1.165) is 22.6 Å². The third-order valence-corrected chi connectivity index (χ3v) is 4.68. The second-order valence-corrected chi connectivity index (χ2v) is 7.18. The van der Waals surface area contributed by atoms with E-state index in [-0.39, 0.29) is 5.91 Å². The molecule has 1 unspecified atom stereocenters. The average Bonchev–Trinajstić information content (AvgIpc) is 2.84. The van der Waals surface area contributed by atoms with Crippen molar-refractivity contribution in [1.29, 1.82) is 0 Å². The summed E-state index contributed by atoms with van der Waals surface area (Å²) in [5.74, 6) is 5.79. The van der Waals surface area contributed by atoms with Crippen LogP contribution >= 0.6 is 11.3 Å². The van der Waals surface area contributed by atoms with E-state index in [1.165, 1.54) is 24.2 Å². The Labute approximate surface area is 124 Å². The molecule has 1 fully saturated rings. The largest absolute Gasteiger partial charge is 0.349 e. The number of nitrogens with two attached hydrogens (primary N) is 1. The second-order valence-electron chi connectivity index (χ2n) is 6.10. The molecule has 3 nitrogen and oxygen atoms in total. The maximum Gasteiger partial charge on any atom is 0.261 e. The van der Waals surface area contributed by atoms with Crippen molar-refractivity contribution in [2.75, 3.05) is 6.54 Å². The molecule has 1 heterocycles. The van der Waals surface area contributed by atoms with Gasteiger partial charge in [0.1, 0.15) is 0 Å². The first-order valence-corrected chi connectivity index (χ1v) is 7.91. The molecule has 1 amide bonds. The molecule has 1 aromatic rings. The molecule has 2 rings (SSSR count). The van der Waals surface area contributed by atoms with E-state index in [2.05, 4.69) is 31.0 Å². The van der Waals surface area contributed by atoms with E-state index in [1.54, 1.807) is 0 Å². The first kappa shape index (κ1) is 15.1. The highest BCUT2D eigenvalue weighted by Crippen LogP contribution is 2.35. The van der Waals surface area contributed by atoms with Gasteiger partial charge in [0.05, 0.1) is 16.3 Å². The molecular weight excluding hydrogens is 268 g/mol. The highest BCUT2D eigenvalue weighted by molar-refractivity contribution is 7.14. The number of hydrogen-bond donors (Lipinski definition) is 2. The predicted octanol–water partition coefficient (Wildman–Crippen LogP) is 2.76. The van der Waals surface area contributed by atoms with Crippen molar-refractivity contribution in [3.8, 4) is 11.8 Å². The standard InChI is InChI=1S/C16H22N2OS/c1-16(2)9-3-5-12(11-16)18-15(19)14-8-7-13(20-14)6-4-10-17/h7-8,12H,3,5,9-11,17H2,1-2H3,(H,18,19). The fraction of sp³-hybridized carbons (Fsp3) is 0.562. The lowest BCUT2D eigenvalue weighted by Crippen LogP contribution is -2.40. The molecule has 1 aliphatic carbocycles. The van der Waals surface area contributed by atoms with E-state index in [9.17, 15) is 4.79 Å². The van der Waals surface area contributed by atoms with Crippen LogP contribution < -0.4 is 11.1 Å². The normalized spacial score (nSPS) is 20.9. The minimum Gasteiger partial charge on any atom is -0.349 e. The van der Waals surface area contributed by atoms with Crippen LogP contribution in [0.3, 0.4) is 0 Å². The summed E-state index contributed by atoms with van der Waals surface area (Å²) in [5, 5.41) is 3.16. The van der Waals surface area contributed by atoms with Crippen molar-refractivity contribution in [2.24, 2.45) is 11.1 Å². The number of thiophene rings is 1. The van der Waals surface area contributed by atoms with E-state index in [1.807, 2.05) is 12.1 Å². The van der Waals surface area contributed by atoms with Crippen molar-refractivity contribution in [3.63, 3.8) is 0 Å². The number of hydrogen-bond acceptors (Lipinski definition) is 3. The van der Waals surface area contributed by atoms with Gasteiger partial charge in [0, 0.05) is 6.04 Å². The average molecular weight is 290 g/mol. The summed E-state index contributed by atoms with van der Waals surface area (Å²) >= 11 is 1.43. The zero-order valence-electron chi connectivity index (χ0n) is 12.2. The Bertz CT molecular complexity index is 536. The molecule has 108 valence electrons. The smallest absolute Gasteiger partial charge is 0.261 e. The minimum atomic E-state index is 0.0264. The summed E-state index contributed by atoms with van der Waals surface area (Å²) in [6.07, 6.45) is 4.58. The van der Waals surface area contributed by atoms with Gasteiger partial charge in [-0.05, 0) is 36.8 Å². The zero-order chi connectivity index (χ0) is 14.6. The van der Waals surface area contributed by atoms with Crippen LogP contribution in [-0.2, 0) is 0 Å². The molecule has 3 N–H and O–H groups in total. The van der Waals surface area contributed by atoms with Crippen molar-refractivity contribution in [3.05, 3.63) is 21.9 Å². The van der Waals surface area contributed by atoms with Crippen molar-refractivity contribution in [2.45, 2.75) is 45.6 Å². The van der Waals surface area contributed by atoms with E-state index >= 15 is 0 Å². The molecule has 0 bridgehead atoms. The minimum absolute atomic E-state index is 0.0264. The molecule has 20 heavy (non-hydrogen) atoms. The Hall–Kier alpha value is -1.31. The molecule has 0 radical (unpaired) electrons. The molecule has 1 saturated carbocycles. The zero-order valence-corrected chi connectivity index (χ0v) is 13.0. The van der Waals surface area contributed by atoms with E-state index < -0.39 is 0 Å². The van der Waals surface area contributed by atoms with Gasteiger partial charge in [0.15, 0.2) is 0 Å². The Balaban J connectivity index is 1.96. The van der Waals surface area contributed by atoms with Crippen molar-refractivity contribution < 1.29 is 4.79 Å². The maximum atomic E-state index is 12.2. The number of amides is 1. The van der Waals surface area contributed by atoms with Crippen LogP contribution in [0, 0.1) is 17.3 Å². The van der Waals surface area contributed by atoms with Gasteiger partial charge in [-0.1, -0.05) is 32.1 Å². The third-order valence-electron chi connectivity index (χ3n) is 3.68. The van der Waals surface area contributed by atoms with Crippen LogP contribution in [0.1, 0.15) is 54.1 Å². The van der Waals surface area contributed by atoms with Gasteiger partial charge in [0.25, 0.3) is 5.91 Å².